The summed E-state index contributed by atoms with van der Waals surface area (Å²) in [4.78, 5) is 11.2. The van der Waals surface area contributed by atoms with E-state index in [1.165, 1.54) is 26.1 Å². The molecule has 5 heteroatoms. The molecule has 0 aliphatic carbocycles. The summed E-state index contributed by atoms with van der Waals surface area (Å²) >= 11 is 0. The Morgan fingerprint density at radius 3 is 2.62 bits per heavy atom. The highest BCUT2D eigenvalue weighted by Gasteiger charge is 2.20. The molecule has 2 heterocycles. The van der Waals surface area contributed by atoms with Gasteiger partial charge in [0.15, 0.2) is 5.96 Å². The normalized spacial score (nSPS) is 22.4. The van der Waals surface area contributed by atoms with E-state index in [1.807, 2.05) is 25.4 Å². The highest BCUT2D eigenvalue weighted by Crippen LogP contribution is 2.20. The molecule has 0 amide bonds. The number of rotatable bonds is 7. The van der Waals surface area contributed by atoms with E-state index in [2.05, 4.69) is 45.4 Å². The smallest absolute Gasteiger partial charge is 0.190 e. The van der Waals surface area contributed by atoms with Gasteiger partial charge in [0, 0.05) is 51.5 Å². The van der Waals surface area contributed by atoms with Gasteiger partial charge >= 0.3 is 0 Å². The van der Waals surface area contributed by atoms with E-state index >= 15 is 0 Å². The quantitative estimate of drug-likeness (QED) is 0.457. The summed E-state index contributed by atoms with van der Waals surface area (Å²) in [7, 11) is 1.82. The lowest BCUT2D eigenvalue weighted by atomic mass is 9.92. The van der Waals surface area contributed by atoms with Gasteiger partial charge in [0.2, 0.25) is 0 Å². The van der Waals surface area contributed by atoms with Crippen molar-refractivity contribution in [3.63, 3.8) is 0 Å². The SMILES string of the molecule is CN=C(NCCCN1CC(C)CC(C)C1)NCCc1ccccn1. The Kier molecular flexibility index (Phi) is 8.02. The maximum absolute atomic E-state index is 4.33. The van der Waals surface area contributed by atoms with Crippen molar-refractivity contribution in [1.29, 1.82) is 0 Å². The minimum atomic E-state index is 0.836. The molecule has 2 N–H and O–H groups in total. The molecule has 1 aromatic rings. The zero-order valence-electron chi connectivity index (χ0n) is 15.5. The molecule has 0 radical (unpaired) electrons. The summed E-state index contributed by atoms with van der Waals surface area (Å²) in [6.07, 6.45) is 5.28. The molecule has 0 saturated carbocycles. The van der Waals surface area contributed by atoms with E-state index in [9.17, 15) is 0 Å². The van der Waals surface area contributed by atoms with Gasteiger partial charge in [-0.05, 0) is 43.4 Å². The average Bonchev–Trinajstić information content (AvgIpc) is 2.57. The van der Waals surface area contributed by atoms with Crippen LogP contribution < -0.4 is 10.6 Å². The molecule has 0 spiro atoms. The summed E-state index contributed by atoms with van der Waals surface area (Å²) in [5.74, 6) is 2.55. The molecule has 1 saturated heterocycles. The van der Waals surface area contributed by atoms with Crippen molar-refractivity contribution in [2.75, 3.05) is 39.8 Å². The summed E-state index contributed by atoms with van der Waals surface area (Å²) in [5.41, 5.74) is 1.11. The molecule has 5 nitrogen and oxygen atoms in total. The molecule has 1 fully saturated rings. The lowest BCUT2D eigenvalue weighted by molar-refractivity contribution is 0.140. The van der Waals surface area contributed by atoms with Crippen LogP contribution in [0.25, 0.3) is 0 Å². The number of aromatic nitrogens is 1. The third kappa shape index (κ3) is 6.87. The number of piperidine rings is 1. The fraction of sp³-hybridized carbons (Fsp3) is 0.684. The lowest BCUT2D eigenvalue weighted by Gasteiger charge is -2.35. The molecule has 1 aromatic heterocycles. The first-order chi connectivity index (χ1) is 11.7. The molecule has 0 aromatic carbocycles. The molecule has 1 aliphatic rings. The van der Waals surface area contributed by atoms with Crippen LogP contribution in [0.1, 0.15) is 32.4 Å². The molecule has 0 bridgehead atoms. The van der Waals surface area contributed by atoms with Crippen LogP contribution in [0.2, 0.25) is 0 Å². The van der Waals surface area contributed by atoms with Crippen LogP contribution in [-0.4, -0.2) is 55.6 Å². The Balaban J connectivity index is 1.58. The van der Waals surface area contributed by atoms with Crippen LogP contribution in [0.15, 0.2) is 29.4 Å². The van der Waals surface area contributed by atoms with E-state index in [0.717, 1.165) is 49.4 Å². The maximum Gasteiger partial charge on any atom is 0.190 e. The van der Waals surface area contributed by atoms with Gasteiger partial charge in [-0.25, -0.2) is 0 Å². The summed E-state index contributed by atoms with van der Waals surface area (Å²) in [6, 6.07) is 6.03. The van der Waals surface area contributed by atoms with Gasteiger partial charge in [0.1, 0.15) is 0 Å². The zero-order valence-corrected chi connectivity index (χ0v) is 15.5. The molecule has 2 unspecified atom stereocenters. The van der Waals surface area contributed by atoms with Crippen LogP contribution in [0, 0.1) is 11.8 Å². The van der Waals surface area contributed by atoms with E-state index < -0.39 is 0 Å². The van der Waals surface area contributed by atoms with Gasteiger partial charge in [-0.15, -0.1) is 0 Å². The minimum Gasteiger partial charge on any atom is -0.356 e. The van der Waals surface area contributed by atoms with Crippen molar-refractivity contribution in [2.45, 2.75) is 33.1 Å². The second-order valence-corrected chi connectivity index (χ2v) is 7.06. The van der Waals surface area contributed by atoms with Crippen LogP contribution in [0.3, 0.4) is 0 Å². The van der Waals surface area contributed by atoms with Crippen LogP contribution in [-0.2, 0) is 6.42 Å². The Bertz CT molecular complexity index is 478. The summed E-state index contributed by atoms with van der Waals surface area (Å²) < 4.78 is 0. The van der Waals surface area contributed by atoms with Crippen molar-refractivity contribution in [3.8, 4) is 0 Å². The fourth-order valence-electron chi connectivity index (χ4n) is 3.56. The van der Waals surface area contributed by atoms with Gasteiger partial charge < -0.3 is 15.5 Å². The number of hydrogen-bond donors (Lipinski definition) is 2. The van der Waals surface area contributed by atoms with Crippen molar-refractivity contribution < 1.29 is 0 Å². The molecule has 134 valence electrons. The number of aliphatic imine (C=N–C) groups is 1. The first-order valence-corrected chi connectivity index (χ1v) is 9.24. The van der Waals surface area contributed by atoms with E-state index in [4.69, 9.17) is 0 Å². The van der Waals surface area contributed by atoms with Crippen molar-refractivity contribution in [3.05, 3.63) is 30.1 Å². The molecular weight excluding hydrogens is 298 g/mol. The van der Waals surface area contributed by atoms with Gasteiger partial charge in [-0.3, -0.25) is 9.98 Å². The first-order valence-electron chi connectivity index (χ1n) is 9.24. The van der Waals surface area contributed by atoms with Crippen LogP contribution in [0.5, 0.6) is 0 Å². The first kappa shape index (κ1) is 18.7. The number of hydrogen-bond acceptors (Lipinski definition) is 3. The van der Waals surface area contributed by atoms with Crippen molar-refractivity contribution >= 4 is 5.96 Å². The molecule has 2 atom stereocenters. The molecule has 2 rings (SSSR count). The molecular formula is C19H33N5. The predicted molar refractivity (Wildman–Crippen MR) is 101 cm³/mol. The highest BCUT2D eigenvalue weighted by atomic mass is 15.2. The van der Waals surface area contributed by atoms with Crippen molar-refractivity contribution in [2.24, 2.45) is 16.8 Å². The minimum absolute atomic E-state index is 0.836. The van der Waals surface area contributed by atoms with E-state index in [1.54, 1.807) is 0 Å². The fourth-order valence-corrected chi connectivity index (χ4v) is 3.56. The van der Waals surface area contributed by atoms with E-state index in [-0.39, 0.29) is 0 Å². The number of likely N-dealkylation sites (tertiary alicyclic amines) is 1. The third-order valence-electron chi connectivity index (χ3n) is 4.51. The molecule has 24 heavy (non-hydrogen) atoms. The summed E-state index contributed by atoms with van der Waals surface area (Å²) in [6.45, 7) is 10.2. The van der Waals surface area contributed by atoms with Crippen LogP contribution >= 0.6 is 0 Å². The largest absolute Gasteiger partial charge is 0.356 e. The highest BCUT2D eigenvalue weighted by molar-refractivity contribution is 5.79. The second kappa shape index (κ2) is 10.3. The van der Waals surface area contributed by atoms with E-state index in [0.29, 0.717) is 0 Å². The van der Waals surface area contributed by atoms with Gasteiger partial charge in [0.25, 0.3) is 0 Å². The number of guanidine groups is 1. The molecule has 1 aliphatic heterocycles. The monoisotopic (exact) mass is 331 g/mol. The topological polar surface area (TPSA) is 52.6 Å². The summed E-state index contributed by atoms with van der Waals surface area (Å²) in [5, 5.41) is 6.77. The number of nitrogens with one attached hydrogen (secondary N) is 2. The van der Waals surface area contributed by atoms with Gasteiger partial charge in [-0.1, -0.05) is 19.9 Å². The van der Waals surface area contributed by atoms with Gasteiger partial charge in [0.05, 0.1) is 0 Å². The Morgan fingerprint density at radius 2 is 1.96 bits per heavy atom. The zero-order chi connectivity index (χ0) is 17.2. The average molecular weight is 332 g/mol. The predicted octanol–water partition coefficient (Wildman–Crippen LogP) is 2.16. The second-order valence-electron chi connectivity index (χ2n) is 7.06. The maximum atomic E-state index is 4.33. The Morgan fingerprint density at radius 1 is 1.21 bits per heavy atom. The van der Waals surface area contributed by atoms with Crippen LogP contribution in [0.4, 0.5) is 0 Å². The van der Waals surface area contributed by atoms with Crippen molar-refractivity contribution in [1.82, 2.24) is 20.5 Å². The van der Waals surface area contributed by atoms with Gasteiger partial charge in [-0.2, -0.15) is 0 Å². The Labute approximate surface area is 147 Å². The number of nitrogens with zero attached hydrogens (tertiary/aromatic N) is 3. The standard InChI is InChI=1S/C19H33N5/c1-16-13-17(2)15-24(14-16)12-6-10-22-19(20-3)23-11-8-18-7-4-5-9-21-18/h4-5,7,9,16-17H,6,8,10-15H2,1-3H3,(H2,20,22,23). The Hall–Kier alpha value is -1.62. The lowest BCUT2D eigenvalue weighted by Crippen LogP contribution is -2.42. The number of pyridine rings is 1. The third-order valence-corrected chi connectivity index (χ3v) is 4.51.